The van der Waals surface area contributed by atoms with Crippen LogP contribution in [0.1, 0.15) is 73.3 Å². The van der Waals surface area contributed by atoms with E-state index in [1.807, 2.05) is 20.1 Å². The summed E-state index contributed by atoms with van der Waals surface area (Å²) in [6.07, 6.45) is 7.43. The predicted octanol–water partition coefficient (Wildman–Crippen LogP) is 5.14. The Morgan fingerprint density at radius 2 is 1.87 bits per heavy atom. The zero-order chi connectivity index (χ0) is 26.2. The van der Waals surface area contributed by atoms with Crippen molar-refractivity contribution >= 4 is 0 Å². The molecule has 7 atom stereocenters. The summed E-state index contributed by atoms with van der Waals surface area (Å²) in [7, 11) is 1.83. The van der Waals surface area contributed by atoms with Gasteiger partial charge < -0.3 is 19.7 Å². The first-order valence-corrected chi connectivity index (χ1v) is 14.8. The van der Waals surface area contributed by atoms with Gasteiger partial charge in [-0.15, -0.1) is 0 Å². The first-order chi connectivity index (χ1) is 18.2. The van der Waals surface area contributed by atoms with E-state index < -0.39 is 11.2 Å². The molecule has 5 aliphatic carbocycles. The van der Waals surface area contributed by atoms with E-state index in [1.165, 1.54) is 41.6 Å². The average Bonchev–Trinajstić information content (AvgIpc) is 3.63. The van der Waals surface area contributed by atoms with Gasteiger partial charge in [-0.05, 0) is 95.4 Å². The van der Waals surface area contributed by atoms with Gasteiger partial charge in [0.2, 0.25) is 0 Å². The Bertz CT molecular complexity index is 1330. The van der Waals surface area contributed by atoms with Crippen molar-refractivity contribution in [2.24, 2.45) is 17.3 Å². The van der Waals surface area contributed by atoms with Gasteiger partial charge in [0.25, 0.3) is 0 Å². The number of rotatable bonds is 5. The standard InChI is InChI=1S/C33H41NO4/c1-19-13-20(2)15-23(14-19)30(3,36)25-17-31-9-10-33(25,37-4)29-32(31)11-12-34(18-21-5-6-21)26(31)16-22-7-8-24(35)28(38-29)27(22)32/h7-8,13-15,21,25-26,29,35-36H,5-6,9-12,16-18H2,1-4H3/t25-,26-,29-,30-,31-,32+,33-/m1/s1. The second-order valence-electron chi connectivity index (χ2n) is 13.9. The Morgan fingerprint density at radius 1 is 1.11 bits per heavy atom. The quantitative estimate of drug-likeness (QED) is 0.577. The fraction of sp³-hybridized carbons (Fsp3) is 0.636. The Kier molecular flexibility index (Phi) is 4.60. The van der Waals surface area contributed by atoms with Crippen molar-refractivity contribution in [3.63, 3.8) is 0 Å². The molecule has 0 radical (unpaired) electrons. The average molecular weight is 516 g/mol. The van der Waals surface area contributed by atoms with Crippen molar-refractivity contribution in [1.82, 2.24) is 4.90 Å². The van der Waals surface area contributed by atoms with E-state index in [2.05, 4.69) is 43.0 Å². The number of phenolic OH excluding ortho intramolecular Hbond substituents is 1. The second-order valence-corrected chi connectivity index (χ2v) is 13.9. The molecule has 0 aromatic heterocycles. The van der Waals surface area contributed by atoms with Crippen molar-refractivity contribution in [1.29, 1.82) is 0 Å². The maximum atomic E-state index is 12.6. The molecule has 2 aliphatic heterocycles. The Labute approximate surface area is 226 Å². The Balaban J connectivity index is 1.35. The van der Waals surface area contributed by atoms with Crippen LogP contribution in [0.4, 0.5) is 0 Å². The van der Waals surface area contributed by atoms with Crippen LogP contribution >= 0.6 is 0 Å². The number of aliphatic hydroxyl groups is 1. The molecule has 4 bridgehead atoms. The first kappa shape index (κ1) is 23.8. The fourth-order valence-electron chi connectivity index (χ4n) is 10.5. The molecule has 5 fully saturated rings. The molecule has 38 heavy (non-hydrogen) atoms. The van der Waals surface area contributed by atoms with Crippen LogP contribution in [0, 0.1) is 31.1 Å². The van der Waals surface area contributed by atoms with E-state index in [9.17, 15) is 10.2 Å². The highest BCUT2D eigenvalue weighted by Crippen LogP contribution is 2.78. The van der Waals surface area contributed by atoms with Crippen molar-refractivity contribution < 1.29 is 19.7 Å². The molecule has 2 N–H and O–H groups in total. The maximum absolute atomic E-state index is 12.6. The summed E-state index contributed by atoms with van der Waals surface area (Å²) in [5.74, 6) is 1.67. The molecule has 5 nitrogen and oxygen atoms in total. The van der Waals surface area contributed by atoms with Crippen LogP contribution in [0.5, 0.6) is 11.5 Å². The van der Waals surface area contributed by atoms with Gasteiger partial charge in [0.05, 0.1) is 5.60 Å². The topological polar surface area (TPSA) is 62.2 Å². The van der Waals surface area contributed by atoms with Gasteiger partial charge in [-0.3, -0.25) is 4.90 Å². The summed E-state index contributed by atoms with van der Waals surface area (Å²) >= 11 is 0. The minimum absolute atomic E-state index is 0.00927. The molecule has 9 rings (SSSR count). The number of phenols is 1. The zero-order valence-corrected chi connectivity index (χ0v) is 23.2. The van der Waals surface area contributed by atoms with E-state index in [4.69, 9.17) is 9.47 Å². The highest BCUT2D eigenvalue weighted by molar-refractivity contribution is 5.63. The SMILES string of the molecule is CO[C@]12CC[C@@]3(C[C@@H]1[C@](C)(O)c1cc(C)cc(C)c1)[C@H]1Cc4ccc(O)c5c4[C@@]3(CCN1CC1CC1)[C@H]2O5. The third-order valence-electron chi connectivity index (χ3n) is 12.1. The lowest BCUT2D eigenvalue weighted by Crippen LogP contribution is -2.82. The normalized spacial score (nSPS) is 40.0. The van der Waals surface area contributed by atoms with Crippen molar-refractivity contribution in [2.45, 2.75) is 94.5 Å². The number of methoxy groups -OCH3 is 1. The van der Waals surface area contributed by atoms with E-state index in [-0.39, 0.29) is 28.6 Å². The van der Waals surface area contributed by atoms with Crippen LogP contribution in [0.15, 0.2) is 30.3 Å². The van der Waals surface area contributed by atoms with Crippen LogP contribution in [0.3, 0.4) is 0 Å². The summed E-state index contributed by atoms with van der Waals surface area (Å²) in [6.45, 7) is 8.52. The molecule has 2 heterocycles. The number of nitrogens with zero attached hydrogens (tertiary/aromatic N) is 1. The number of ether oxygens (including phenoxy) is 2. The summed E-state index contributed by atoms with van der Waals surface area (Å²) in [5, 5.41) is 23.7. The highest BCUT2D eigenvalue weighted by atomic mass is 16.6. The van der Waals surface area contributed by atoms with E-state index in [0.717, 1.165) is 50.1 Å². The van der Waals surface area contributed by atoms with E-state index in [0.29, 0.717) is 11.8 Å². The number of likely N-dealkylation sites (tertiary alicyclic amines) is 1. The van der Waals surface area contributed by atoms with Crippen LogP contribution in [-0.4, -0.2) is 53.1 Å². The van der Waals surface area contributed by atoms with Gasteiger partial charge in [-0.1, -0.05) is 35.4 Å². The predicted molar refractivity (Wildman–Crippen MR) is 146 cm³/mol. The van der Waals surface area contributed by atoms with Gasteiger partial charge in [0, 0.05) is 42.0 Å². The third kappa shape index (κ3) is 2.64. The molecule has 2 aromatic rings. The number of hydrogen-bond acceptors (Lipinski definition) is 5. The summed E-state index contributed by atoms with van der Waals surface area (Å²) in [5.41, 5.74) is 4.06. The van der Waals surface area contributed by atoms with Crippen LogP contribution in [-0.2, 0) is 22.2 Å². The first-order valence-electron chi connectivity index (χ1n) is 14.8. The molecule has 0 unspecified atom stereocenters. The van der Waals surface area contributed by atoms with Crippen LogP contribution < -0.4 is 4.74 Å². The molecule has 2 spiro atoms. The number of aromatic hydroxyl groups is 1. The van der Waals surface area contributed by atoms with Crippen LogP contribution in [0.2, 0.25) is 0 Å². The molecule has 0 amide bonds. The summed E-state index contributed by atoms with van der Waals surface area (Å²) < 4.78 is 13.6. The molecule has 4 saturated carbocycles. The number of fused-ring (bicyclic) bond motifs is 2. The van der Waals surface area contributed by atoms with Crippen LogP contribution in [0.25, 0.3) is 0 Å². The van der Waals surface area contributed by atoms with Crippen molar-refractivity contribution in [2.75, 3.05) is 20.2 Å². The number of piperidine rings is 1. The number of benzene rings is 2. The zero-order valence-electron chi connectivity index (χ0n) is 23.2. The lowest BCUT2D eigenvalue weighted by Gasteiger charge is -2.75. The lowest BCUT2D eigenvalue weighted by atomic mass is 9.33. The number of aryl methyl sites for hydroxylation is 2. The molecule has 1 saturated heterocycles. The maximum Gasteiger partial charge on any atom is 0.165 e. The smallest absolute Gasteiger partial charge is 0.165 e. The van der Waals surface area contributed by atoms with Gasteiger partial charge in [-0.2, -0.15) is 0 Å². The monoisotopic (exact) mass is 515 g/mol. The van der Waals surface area contributed by atoms with Gasteiger partial charge >= 0.3 is 0 Å². The Hall–Kier alpha value is -2.08. The largest absolute Gasteiger partial charge is 0.504 e. The fourth-order valence-corrected chi connectivity index (χ4v) is 10.5. The van der Waals surface area contributed by atoms with E-state index in [1.54, 1.807) is 0 Å². The molecule has 5 heteroatoms. The molecular weight excluding hydrogens is 474 g/mol. The van der Waals surface area contributed by atoms with Gasteiger partial charge in [0.1, 0.15) is 11.7 Å². The van der Waals surface area contributed by atoms with E-state index >= 15 is 0 Å². The molecule has 202 valence electrons. The highest BCUT2D eigenvalue weighted by Gasteiger charge is 2.82. The van der Waals surface area contributed by atoms with Crippen molar-refractivity contribution in [3.05, 3.63) is 58.1 Å². The minimum Gasteiger partial charge on any atom is -0.504 e. The molecule has 7 aliphatic rings. The minimum atomic E-state index is -1.07. The third-order valence-corrected chi connectivity index (χ3v) is 12.1. The number of hydrogen-bond donors (Lipinski definition) is 2. The summed E-state index contributed by atoms with van der Waals surface area (Å²) in [4.78, 5) is 2.82. The Morgan fingerprint density at radius 3 is 2.58 bits per heavy atom. The second kappa shape index (κ2) is 7.35. The van der Waals surface area contributed by atoms with Gasteiger partial charge in [0.15, 0.2) is 11.5 Å². The van der Waals surface area contributed by atoms with Gasteiger partial charge in [-0.25, -0.2) is 0 Å². The molecular formula is C33H41NO4. The lowest BCUT2D eigenvalue weighted by molar-refractivity contribution is -0.304. The van der Waals surface area contributed by atoms with Crippen molar-refractivity contribution in [3.8, 4) is 11.5 Å². The summed E-state index contributed by atoms with van der Waals surface area (Å²) in [6, 6.07) is 10.9. The molecule has 2 aromatic carbocycles.